The Labute approximate surface area is 122 Å². The molecular weight excluding hydrogens is 266 g/mol. The van der Waals surface area contributed by atoms with Gasteiger partial charge in [0.1, 0.15) is 0 Å². The molecule has 2 aromatic heterocycles. The minimum Gasteiger partial charge on any atom is -0.461 e. The average Bonchev–Trinajstić information content (AvgIpc) is 3.15. The highest BCUT2D eigenvalue weighted by Gasteiger charge is 2.25. The number of benzene rings is 1. The second kappa shape index (κ2) is 4.77. The van der Waals surface area contributed by atoms with Gasteiger partial charge >= 0.3 is 0 Å². The van der Waals surface area contributed by atoms with Crippen molar-refractivity contribution in [3.8, 4) is 11.6 Å². The Morgan fingerprint density at radius 2 is 2.14 bits per heavy atom. The van der Waals surface area contributed by atoms with Crippen molar-refractivity contribution in [3.05, 3.63) is 53.6 Å². The van der Waals surface area contributed by atoms with Crippen LogP contribution in [0.4, 0.5) is 5.69 Å². The number of para-hydroxylation sites is 1. The van der Waals surface area contributed by atoms with E-state index in [0.29, 0.717) is 17.5 Å². The average molecular weight is 281 g/mol. The van der Waals surface area contributed by atoms with Crippen LogP contribution in [0, 0.1) is 6.92 Å². The van der Waals surface area contributed by atoms with E-state index in [9.17, 15) is 0 Å². The minimum atomic E-state index is 0.191. The molecule has 1 aliphatic heterocycles. The molecule has 0 aliphatic carbocycles. The first-order chi connectivity index (χ1) is 10.3. The molecule has 1 aliphatic rings. The second-order valence-corrected chi connectivity index (χ2v) is 5.33. The topological polar surface area (TPSA) is 64.1 Å². The fraction of sp³-hybridized carbons (Fsp3) is 0.250. The smallest absolute Gasteiger partial charge is 0.238 e. The summed E-state index contributed by atoms with van der Waals surface area (Å²) in [5, 5.41) is 7.46. The van der Waals surface area contributed by atoms with E-state index in [0.717, 1.165) is 18.5 Å². The summed E-state index contributed by atoms with van der Waals surface area (Å²) in [7, 11) is 0. The number of aryl methyl sites for hydroxylation is 1. The van der Waals surface area contributed by atoms with Crippen LogP contribution in [0.25, 0.3) is 11.6 Å². The summed E-state index contributed by atoms with van der Waals surface area (Å²) in [4.78, 5) is 4.50. The van der Waals surface area contributed by atoms with Gasteiger partial charge in [-0.1, -0.05) is 23.4 Å². The van der Waals surface area contributed by atoms with Crippen LogP contribution in [-0.2, 0) is 6.42 Å². The fourth-order valence-electron chi connectivity index (χ4n) is 2.71. The van der Waals surface area contributed by atoms with Gasteiger partial charge in [-0.25, -0.2) is 0 Å². The fourth-order valence-corrected chi connectivity index (χ4v) is 2.71. The number of anilines is 1. The van der Waals surface area contributed by atoms with Gasteiger partial charge in [-0.2, -0.15) is 4.98 Å². The first-order valence-corrected chi connectivity index (χ1v) is 7.01. The number of aromatic nitrogens is 2. The molecule has 1 unspecified atom stereocenters. The van der Waals surface area contributed by atoms with Gasteiger partial charge in [0.05, 0.1) is 12.2 Å². The van der Waals surface area contributed by atoms with E-state index < -0.39 is 0 Å². The maximum absolute atomic E-state index is 5.44. The van der Waals surface area contributed by atoms with Crippen LogP contribution in [0.3, 0.4) is 0 Å². The summed E-state index contributed by atoms with van der Waals surface area (Å²) in [5.74, 6) is 2.04. The Hall–Kier alpha value is -2.56. The summed E-state index contributed by atoms with van der Waals surface area (Å²) < 4.78 is 10.8. The van der Waals surface area contributed by atoms with Crippen molar-refractivity contribution in [3.63, 3.8) is 0 Å². The summed E-state index contributed by atoms with van der Waals surface area (Å²) in [5.41, 5.74) is 3.48. The molecule has 5 heteroatoms. The summed E-state index contributed by atoms with van der Waals surface area (Å²) in [6.45, 7) is 2.77. The van der Waals surface area contributed by atoms with Gasteiger partial charge in [0.25, 0.3) is 0 Å². The van der Waals surface area contributed by atoms with Gasteiger partial charge < -0.3 is 14.3 Å². The number of fused-ring (bicyclic) bond motifs is 1. The standard InChI is InChI=1S/C16H15N3O2/c1-10-6-7-20-14(10)15-18-16(21-19-15)12-8-11-4-2-3-5-13(11)17-9-12/h2-7,12,17H,8-9H2,1H3. The van der Waals surface area contributed by atoms with E-state index >= 15 is 0 Å². The van der Waals surface area contributed by atoms with E-state index in [4.69, 9.17) is 8.94 Å². The van der Waals surface area contributed by atoms with Crippen molar-refractivity contribution < 1.29 is 8.94 Å². The molecule has 0 amide bonds. The van der Waals surface area contributed by atoms with Gasteiger partial charge in [-0.3, -0.25) is 0 Å². The highest BCUT2D eigenvalue weighted by atomic mass is 16.5. The lowest BCUT2D eigenvalue weighted by Gasteiger charge is -2.23. The largest absolute Gasteiger partial charge is 0.461 e. The molecule has 1 N–H and O–H groups in total. The molecule has 21 heavy (non-hydrogen) atoms. The van der Waals surface area contributed by atoms with E-state index in [2.05, 4.69) is 27.6 Å². The predicted octanol–water partition coefficient (Wildman–Crippen LogP) is 3.39. The third-order valence-electron chi connectivity index (χ3n) is 3.88. The molecule has 1 atom stereocenters. The maximum Gasteiger partial charge on any atom is 0.238 e. The number of nitrogens with one attached hydrogen (secondary N) is 1. The van der Waals surface area contributed by atoms with Crippen LogP contribution in [0.1, 0.15) is 22.9 Å². The Kier molecular flexibility index (Phi) is 2.77. The van der Waals surface area contributed by atoms with Gasteiger partial charge in [0.2, 0.25) is 11.7 Å². The predicted molar refractivity (Wildman–Crippen MR) is 78.1 cm³/mol. The summed E-state index contributed by atoms with van der Waals surface area (Å²) >= 11 is 0. The number of nitrogens with zero attached hydrogens (tertiary/aromatic N) is 2. The number of furan rings is 1. The lowest BCUT2D eigenvalue weighted by Crippen LogP contribution is -2.21. The zero-order valence-corrected chi connectivity index (χ0v) is 11.7. The zero-order valence-electron chi connectivity index (χ0n) is 11.7. The lowest BCUT2D eigenvalue weighted by molar-refractivity contribution is 0.353. The van der Waals surface area contributed by atoms with Crippen molar-refractivity contribution >= 4 is 5.69 Å². The monoisotopic (exact) mass is 281 g/mol. The Morgan fingerprint density at radius 1 is 1.24 bits per heavy atom. The summed E-state index contributed by atoms with van der Waals surface area (Å²) in [6.07, 6.45) is 2.54. The number of hydrogen-bond donors (Lipinski definition) is 1. The molecule has 3 heterocycles. The van der Waals surface area contributed by atoms with Crippen LogP contribution in [0.2, 0.25) is 0 Å². The normalized spacial score (nSPS) is 17.3. The number of rotatable bonds is 2. The molecule has 0 bridgehead atoms. The van der Waals surface area contributed by atoms with Gasteiger partial charge in [-0.15, -0.1) is 0 Å². The molecule has 3 aromatic rings. The van der Waals surface area contributed by atoms with Crippen LogP contribution in [0.15, 0.2) is 45.5 Å². The SMILES string of the molecule is Cc1ccoc1-c1noc(C2CNc3ccccc3C2)n1. The van der Waals surface area contributed by atoms with E-state index in [-0.39, 0.29) is 5.92 Å². The molecule has 4 rings (SSSR count). The molecule has 5 nitrogen and oxygen atoms in total. The molecule has 0 saturated carbocycles. The molecule has 0 radical (unpaired) electrons. The molecule has 0 spiro atoms. The van der Waals surface area contributed by atoms with Crippen LogP contribution in [0.5, 0.6) is 0 Å². The first-order valence-electron chi connectivity index (χ1n) is 7.01. The highest BCUT2D eigenvalue weighted by Crippen LogP contribution is 2.31. The third kappa shape index (κ3) is 2.11. The van der Waals surface area contributed by atoms with Gasteiger partial charge in [0, 0.05) is 12.2 Å². The van der Waals surface area contributed by atoms with E-state index in [1.54, 1.807) is 6.26 Å². The second-order valence-electron chi connectivity index (χ2n) is 5.33. The number of hydrogen-bond acceptors (Lipinski definition) is 5. The van der Waals surface area contributed by atoms with Gasteiger partial charge in [0.15, 0.2) is 5.76 Å². The molecular formula is C16H15N3O2. The molecule has 0 saturated heterocycles. The van der Waals surface area contributed by atoms with Crippen LogP contribution in [-0.4, -0.2) is 16.7 Å². The van der Waals surface area contributed by atoms with Crippen molar-refractivity contribution in [2.45, 2.75) is 19.3 Å². The Bertz CT molecular complexity index is 775. The third-order valence-corrected chi connectivity index (χ3v) is 3.88. The first kappa shape index (κ1) is 12.2. The Morgan fingerprint density at radius 3 is 3.00 bits per heavy atom. The molecule has 106 valence electrons. The van der Waals surface area contributed by atoms with Crippen molar-refractivity contribution in [2.24, 2.45) is 0 Å². The van der Waals surface area contributed by atoms with Crippen LogP contribution >= 0.6 is 0 Å². The van der Waals surface area contributed by atoms with Gasteiger partial charge in [-0.05, 0) is 36.6 Å². The summed E-state index contributed by atoms with van der Waals surface area (Å²) in [6, 6.07) is 10.2. The van der Waals surface area contributed by atoms with E-state index in [1.165, 1.54) is 11.3 Å². The van der Waals surface area contributed by atoms with Crippen molar-refractivity contribution in [1.29, 1.82) is 0 Å². The van der Waals surface area contributed by atoms with E-state index in [1.807, 2.05) is 25.1 Å². The highest BCUT2D eigenvalue weighted by molar-refractivity contribution is 5.54. The maximum atomic E-state index is 5.44. The lowest BCUT2D eigenvalue weighted by atomic mass is 9.94. The molecule has 0 fully saturated rings. The quantitative estimate of drug-likeness (QED) is 0.780. The Balaban J connectivity index is 1.61. The zero-order chi connectivity index (χ0) is 14.2. The van der Waals surface area contributed by atoms with Crippen LogP contribution < -0.4 is 5.32 Å². The van der Waals surface area contributed by atoms with Crippen molar-refractivity contribution in [2.75, 3.05) is 11.9 Å². The minimum absolute atomic E-state index is 0.191. The van der Waals surface area contributed by atoms with Crippen molar-refractivity contribution in [1.82, 2.24) is 10.1 Å². The molecule has 1 aromatic carbocycles.